The second-order valence-electron chi connectivity index (χ2n) is 5.29. The third kappa shape index (κ3) is 2.62. The van der Waals surface area contributed by atoms with Crippen molar-refractivity contribution in [3.05, 3.63) is 58.4 Å². The Balaban J connectivity index is 1.87. The number of rotatable bonds is 4. The van der Waals surface area contributed by atoms with Gasteiger partial charge in [-0.05, 0) is 26.5 Å². The maximum absolute atomic E-state index is 4.67. The van der Waals surface area contributed by atoms with Gasteiger partial charge in [-0.25, -0.2) is 4.98 Å². The van der Waals surface area contributed by atoms with E-state index in [9.17, 15) is 0 Å². The van der Waals surface area contributed by atoms with Gasteiger partial charge in [0.25, 0.3) is 0 Å². The zero-order chi connectivity index (χ0) is 14.1. The van der Waals surface area contributed by atoms with Crippen LogP contribution in [0.2, 0.25) is 0 Å². The standard InChI is InChI=1S/C16H19N3S/c1-11-6-12(2)8-13(7-11)15(17-3)9-14-10-19-4-5-20-16(19)18-14/h4-8,10,15,17H,9H2,1-3H3. The highest BCUT2D eigenvalue weighted by Gasteiger charge is 2.13. The summed E-state index contributed by atoms with van der Waals surface area (Å²) in [5, 5.41) is 5.47. The molecule has 0 saturated carbocycles. The first-order valence-electron chi connectivity index (χ1n) is 6.82. The van der Waals surface area contributed by atoms with Gasteiger partial charge in [-0.1, -0.05) is 29.3 Å². The number of aryl methyl sites for hydroxylation is 2. The highest BCUT2D eigenvalue weighted by molar-refractivity contribution is 7.15. The zero-order valence-electron chi connectivity index (χ0n) is 12.1. The van der Waals surface area contributed by atoms with Crippen LogP contribution in [-0.4, -0.2) is 16.4 Å². The lowest BCUT2D eigenvalue weighted by Gasteiger charge is -2.17. The van der Waals surface area contributed by atoms with E-state index in [0.717, 1.165) is 17.1 Å². The van der Waals surface area contributed by atoms with E-state index >= 15 is 0 Å². The summed E-state index contributed by atoms with van der Waals surface area (Å²) in [4.78, 5) is 5.74. The largest absolute Gasteiger partial charge is 0.313 e. The number of nitrogens with zero attached hydrogens (tertiary/aromatic N) is 2. The van der Waals surface area contributed by atoms with Crippen molar-refractivity contribution in [1.82, 2.24) is 14.7 Å². The first-order valence-corrected chi connectivity index (χ1v) is 7.70. The lowest BCUT2D eigenvalue weighted by Crippen LogP contribution is -2.19. The van der Waals surface area contributed by atoms with Crippen LogP contribution in [0.15, 0.2) is 36.0 Å². The Morgan fingerprint density at radius 2 is 2.00 bits per heavy atom. The summed E-state index contributed by atoms with van der Waals surface area (Å²) in [6, 6.07) is 7.03. The van der Waals surface area contributed by atoms with Crippen LogP contribution in [0.4, 0.5) is 0 Å². The van der Waals surface area contributed by atoms with Crippen LogP contribution >= 0.6 is 11.3 Å². The molecule has 1 atom stereocenters. The van der Waals surface area contributed by atoms with Gasteiger partial charge in [-0.3, -0.25) is 4.40 Å². The number of aromatic nitrogens is 2. The third-order valence-corrected chi connectivity index (χ3v) is 4.32. The molecule has 4 heteroatoms. The highest BCUT2D eigenvalue weighted by Crippen LogP contribution is 2.21. The molecule has 0 aliphatic rings. The average Bonchev–Trinajstić information content (AvgIpc) is 2.95. The van der Waals surface area contributed by atoms with E-state index in [1.165, 1.54) is 16.7 Å². The minimum Gasteiger partial charge on any atom is -0.313 e. The van der Waals surface area contributed by atoms with Crippen molar-refractivity contribution in [2.75, 3.05) is 7.05 Å². The summed E-state index contributed by atoms with van der Waals surface area (Å²) in [6.45, 7) is 4.30. The average molecular weight is 285 g/mol. The summed E-state index contributed by atoms with van der Waals surface area (Å²) < 4.78 is 2.09. The molecule has 1 N–H and O–H groups in total. The number of benzene rings is 1. The molecule has 0 spiro atoms. The van der Waals surface area contributed by atoms with Crippen LogP contribution in [0.3, 0.4) is 0 Å². The van der Waals surface area contributed by atoms with Gasteiger partial charge in [-0.2, -0.15) is 0 Å². The number of hydrogen-bond acceptors (Lipinski definition) is 3. The lowest BCUT2D eigenvalue weighted by atomic mass is 9.98. The van der Waals surface area contributed by atoms with E-state index in [4.69, 9.17) is 0 Å². The molecule has 1 unspecified atom stereocenters. The van der Waals surface area contributed by atoms with Gasteiger partial charge < -0.3 is 5.32 Å². The fraction of sp³-hybridized carbons (Fsp3) is 0.312. The summed E-state index contributed by atoms with van der Waals surface area (Å²) >= 11 is 1.67. The van der Waals surface area contributed by atoms with Crippen molar-refractivity contribution in [3.63, 3.8) is 0 Å². The molecule has 2 heterocycles. The lowest BCUT2D eigenvalue weighted by molar-refractivity contribution is 0.585. The number of likely N-dealkylation sites (N-methyl/N-ethyl adjacent to an activating group) is 1. The molecule has 3 rings (SSSR count). The van der Waals surface area contributed by atoms with Crippen molar-refractivity contribution in [1.29, 1.82) is 0 Å². The second kappa shape index (κ2) is 5.38. The van der Waals surface area contributed by atoms with Gasteiger partial charge in [0.15, 0.2) is 4.96 Å². The summed E-state index contributed by atoms with van der Waals surface area (Å²) in [5.74, 6) is 0. The predicted molar refractivity (Wildman–Crippen MR) is 84.5 cm³/mol. The zero-order valence-corrected chi connectivity index (χ0v) is 12.9. The maximum atomic E-state index is 4.67. The Kier molecular flexibility index (Phi) is 3.59. The molecule has 0 radical (unpaired) electrons. The van der Waals surface area contributed by atoms with Gasteiger partial charge in [0, 0.05) is 30.2 Å². The Hall–Kier alpha value is -1.65. The monoisotopic (exact) mass is 285 g/mol. The summed E-state index contributed by atoms with van der Waals surface area (Å²) in [7, 11) is 2.01. The first-order chi connectivity index (χ1) is 9.65. The Morgan fingerprint density at radius 3 is 2.65 bits per heavy atom. The molecule has 104 valence electrons. The Morgan fingerprint density at radius 1 is 1.25 bits per heavy atom. The molecule has 3 nitrogen and oxygen atoms in total. The molecule has 20 heavy (non-hydrogen) atoms. The quantitative estimate of drug-likeness (QED) is 0.795. The van der Waals surface area contributed by atoms with Crippen molar-refractivity contribution >= 4 is 16.3 Å². The van der Waals surface area contributed by atoms with E-state index < -0.39 is 0 Å². The van der Waals surface area contributed by atoms with E-state index in [0.29, 0.717) is 6.04 Å². The van der Waals surface area contributed by atoms with Gasteiger partial charge >= 0.3 is 0 Å². The van der Waals surface area contributed by atoms with Crippen molar-refractivity contribution in [2.45, 2.75) is 26.3 Å². The van der Waals surface area contributed by atoms with Crippen molar-refractivity contribution < 1.29 is 0 Å². The van der Waals surface area contributed by atoms with Crippen LogP contribution in [0.25, 0.3) is 4.96 Å². The maximum Gasteiger partial charge on any atom is 0.193 e. The van der Waals surface area contributed by atoms with Gasteiger partial charge in [0.05, 0.1) is 5.69 Å². The molecule has 0 amide bonds. The Bertz CT molecular complexity index is 677. The molecule has 0 aliphatic heterocycles. The van der Waals surface area contributed by atoms with Crippen LogP contribution in [0.1, 0.15) is 28.4 Å². The number of hydrogen-bond donors (Lipinski definition) is 1. The summed E-state index contributed by atoms with van der Waals surface area (Å²) in [5.41, 5.74) is 5.09. The minimum atomic E-state index is 0.304. The van der Waals surface area contributed by atoms with E-state index in [2.05, 4.69) is 64.5 Å². The molecule has 0 fully saturated rings. The third-order valence-electron chi connectivity index (χ3n) is 3.55. The molecule has 0 saturated heterocycles. The van der Waals surface area contributed by atoms with Gasteiger partial charge in [0.2, 0.25) is 0 Å². The molecule has 3 aromatic rings. The number of nitrogens with one attached hydrogen (secondary N) is 1. The van der Waals surface area contributed by atoms with Crippen LogP contribution < -0.4 is 5.32 Å². The smallest absolute Gasteiger partial charge is 0.193 e. The van der Waals surface area contributed by atoms with Crippen LogP contribution in [-0.2, 0) is 6.42 Å². The molecular weight excluding hydrogens is 266 g/mol. The second-order valence-corrected chi connectivity index (χ2v) is 6.16. The van der Waals surface area contributed by atoms with E-state index in [-0.39, 0.29) is 0 Å². The molecule has 2 aromatic heterocycles. The molecule has 0 bridgehead atoms. The van der Waals surface area contributed by atoms with Crippen molar-refractivity contribution in [2.24, 2.45) is 0 Å². The summed E-state index contributed by atoms with van der Waals surface area (Å²) in [6.07, 6.45) is 5.09. The van der Waals surface area contributed by atoms with E-state index in [1.54, 1.807) is 11.3 Å². The van der Waals surface area contributed by atoms with Crippen LogP contribution in [0.5, 0.6) is 0 Å². The Labute approximate surface area is 123 Å². The van der Waals surface area contributed by atoms with Gasteiger partial charge in [0.1, 0.15) is 0 Å². The number of imidazole rings is 1. The van der Waals surface area contributed by atoms with E-state index in [1.807, 2.05) is 7.05 Å². The van der Waals surface area contributed by atoms with Gasteiger partial charge in [-0.15, -0.1) is 11.3 Å². The fourth-order valence-corrected chi connectivity index (χ4v) is 3.40. The topological polar surface area (TPSA) is 29.3 Å². The fourth-order valence-electron chi connectivity index (χ4n) is 2.68. The SMILES string of the molecule is CNC(Cc1cn2ccsc2n1)c1cc(C)cc(C)c1. The first kappa shape index (κ1) is 13.3. The number of thiazole rings is 1. The predicted octanol–water partition coefficient (Wildman–Crippen LogP) is 3.52. The van der Waals surface area contributed by atoms with Crippen LogP contribution in [0, 0.1) is 13.8 Å². The molecule has 1 aromatic carbocycles. The van der Waals surface area contributed by atoms with Crippen molar-refractivity contribution in [3.8, 4) is 0 Å². The normalized spacial score (nSPS) is 12.9. The highest BCUT2D eigenvalue weighted by atomic mass is 32.1. The number of fused-ring (bicyclic) bond motifs is 1. The minimum absolute atomic E-state index is 0.304. The molecular formula is C16H19N3S. The molecule has 0 aliphatic carbocycles.